The molecule has 6 aromatic carbocycles. The van der Waals surface area contributed by atoms with Crippen LogP contribution in [-0.4, -0.2) is 73.6 Å². The molecule has 2 saturated heterocycles. The third kappa shape index (κ3) is 13.5. The minimum atomic E-state index is -1.35. The zero-order chi connectivity index (χ0) is 43.6. The molecule has 10 nitrogen and oxygen atoms in total. The zero-order valence-electron chi connectivity index (χ0n) is 36.0. The molecule has 0 aliphatic carbocycles. The van der Waals surface area contributed by atoms with Crippen molar-refractivity contribution in [1.82, 2.24) is 0 Å². The van der Waals surface area contributed by atoms with E-state index in [1.54, 1.807) is 0 Å². The van der Waals surface area contributed by atoms with Gasteiger partial charge in [0.25, 0.3) is 0 Å². The fraction of sp³-hybridized carbons (Fsp3) is 0.333. The van der Waals surface area contributed by atoms with Gasteiger partial charge in [0, 0.05) is 6.42 Å². The fourth-order valence-corrected chi connectivity index (χ4v) is 8.04. The molecule has 0 bridgehead atoms. The smallest absolute Gasteiger partial charge is 0.184 e. The summed E-state index contributed by atoms with van der Waals surface area (Å²) in [5.74, 6) is 0. The van der Waals surface area contributed by atoms with Gasteiger partial charge in [0.05, 0.1) is 59.0 Å². The summed E-state index contributed by atoms with van der Waals surface area (Å²) >= 11 is 0. The number of benzene rings is 6. The molecule has 64 heavy (non-hydrogen) atoms. The fourth-order valence-electron chi connectivity index (χ4n) is 8.04. The maximum Gasteiger partial charge on any atom is 0.184 e. The van der Waals surface area contributed by atoms with E-state index in [0.29, 0.717) is 32.8 Å². The van der Waals surface area contributed by atoms with Crippen molar-refractivity contribution in [3.05, 3.63) is 215 Å². The summed E-state index contributed by atoms with van der Waals surface area (Å²) in [4.78, 5) is 0. The third-order valence-corrected chi connectivity index (χ3v) is 11.4. The van der Waals surface area contributed by atoms with Gasteiger partial charge in [-0.1, -0.05) is 182 Å². The van der Waals surface area contributed by atoms with Crippen molar-refractivity contribution in [3.8, 4) is 0 Å². The molecule has 8 rings (SSSR count). The Morgan fingerprint density at radius 1 is 0.375 bits per heavy atom. The van der Waals surface area contributed by atoms with Gasteiger partial charge in [-0.2, -0.15) is 0 Å². The maximum atomic E-state index is 11.7. The summed E-state index contributed by atoms with van der Waals surface area (Å²) < 4.78 is 60.0. The van der Waals surface area contributed by atoms with Crippen molar-refractivity contribution in [2.75, 3.05) is 13.2 Å². The van der Waals surface area contributed by atoms with Crippen LogP contribution < -0.4 is 0 Å². The highest BCUT2D eigenvalue weighted by atomic mass is 16.7. The second kappa shape index (κ2) is 24.3. The monoisotopic (exact) mass is 866 g/mol. The zero-order valence-corrected chi connectivity index (χ0v) is 36.0. The summed E-state index contributed by atoms with van der Waals surface area (Å²) in [5, 5.41) is 11.7. The Kier molecular flexibility index (Phi) is 17.3. The Balaban J connectivity index is 1.09. The molecule has 6 aromatic rings. The van der Waals surface area contributed by atoms with E-state index in [-0.39, 0.29) is 26.4 Å². The largest absolute Gasteiger partial charge is 0.374 e. The molecule has 0 spiro atoms. The van der Waals surface area contributed by atoms with Crippen molar-refractivity contribution in [2.45, 2.75) is 101 Å². The summed E-state index contributed by atoms with van der Waals surface area (Å²) in [5.41, 5.74) is 6.01. The van der Waals surface area contributed by atoms with Crippen molar-refractivity contribution in [1.29, 1.82) is 0 Å². The van der Waals surface area contributed by atoms with Gasteiger partial charge in [0.15, 0.2) is 12.6 Å². The van der Waals surface area contributed by atoms with E-state index < -0.39 is 55.3 Å². The van der Waals surface area contributed by atoms with Gasteiger partial charge in [0.1, 0.15) is 36.6 Å². The van der Waals surface area contributed by atoms with E-state index in [0.717, 1.165) is 33.4 Å². The summed E-state index contributed by atoms with van der Waals surface area (Å²) in [6, 6.07) is 59.8. The number of hydrogen-bond donors (Lipinski definition) is 1. The Morgan fingerprint density at radius 2 is 0.719 bits per heavy atom. The SMILES string of the molecule is O[C@H]1O[C@H](COCc2ccccc2)[C@@H](O[C@@H]2C[C@@H](OCc3ccccc3)[C@H](OCc3ccccc3)[C@@H](COCc3ccccc3)O2)[C@H](OCc2ccccc2)[C@H]1OCc1ccccc1. The molecule has 2 fully saturated rings. The summed E-state index contributed by atoms with van der Waals surface area (Å²) in [6.45, 7) is 2.19. The molecule has 0 saturated carbocycles. The predicted octanol–water partition coefficient (Wildman–Crippen LogP) is 8.98. The normalized spacial score (nSPS) is 24.6. The van der Waals surface area contributed by atoms with E-state index in [1.807, 2.05) is 182 Å². The molecular formula is C54H58O10. The highest BCUT2D eigenvalue weighted by Gasteiger charge is 2.51. The molecular weight excluding hydrogens is 809 g/mol. The molecule has 1 N–H and O–H groups in total. The van der Waals surface area contributed by atoms with Crippen LogP contribution in [0.1, 0.15) is 39.8 Å². The van der Waals surface area contributed by atoms with Crippen LogP contribution in [0.15, 0.2) is 182 Å². The van der Waals surface area contributed by atoms with E-state index >= 15 is 0 Å². The molecule has 0 aromatic heterocycles. The lowest BCUT2D eigenvalue weighted by Gasteiger charge is -2.47. The maximum absolute atomic E-state index is 11.7. The molecule has 9 atom stereocenters. The highest BCUT2D eigenvalue weighted by Crippen LogP contribution is 2.35. The molecule has 0 amide bonds. The minimum absolute atomic E-state index is 0.0975. The van der Waals surface area contributed by atoms with Crippen LogP contribution in [0.2, 0.25) is 0 Å². The first kappa shape index (κ1) is 45.5. The molecule has 2 heterocycles. The second-order valence-corrected chi connectivity index (χ2v) is 16.1. The summed E-state index contributed by atoms with van der Waals surface area (Å²) in [7, 11) is 0. The van der Waals surface area contributed by atoms with E-state index in [9.17, 15) is 5.11 Å². The Bertz CT molecular complexity index is 2170. The van der Waals surface area contributed by atoms with Crippen LogP contribution >= 0.6 is 0 Å². The molecule has 10 heteroatoms. The van der Waals surface area contributed by atoms with Crippen molar-refractivity contribution >= 4 is 0 Å². The third-order valence-electron chi connectivity index (χ3n) is 11.4. The van der Waals surface area contributed by atoms with Crippen molar-refractivity contribution in [2.24, 2.45) is 0 Å². The Morgan fingerprint density at radius 3 is 1.14 bits per heavy atom. The molecule has 2 aliphatic heterocycles. The average molecular weight is 867 g/mol. The highest BCUT2D eigenvalue weighted by molar-refractivity contribution is 5.18. The Hall–Kier alpha value is -5.08. The topological polar surface area (TPSA) is 103 Å². The van der Waals surface area contributed by atoms with Gasteiger partial charge in [-0.05, 0) is 33.4 Å². The quantitative estimate of drug-likeness (QED) is 0.0712. The van der Waals surface area contributed by atoms with Crippen LogP contribution in [0.4, 0.5) is 0 Å². The first-order valence-electron chi connectivity index (χ1n) is 22.1. The summed E-state index contributed by atoms with van der Waals surface area (Å²) in [6.07, 6.45) is -6.78. The van der Waals surface area contributed by atoms with Gasteiger partial charge in [-0.25, -0.2) is 0 Å². The Labute approximate surface area is 376 Å². The van der Waals surface area contributed by atoms with E-state index in [2.05, 4.69) is 0 Å². The minimum Gasteiger partial charge on any atom is -0.374 e. The second-order valence-electron chi connectivity index (χ2n) is 16.1. The lowest BCUT2D eigenvalue weighted by atomic mass is 9.97. The van der Waals surface area contributed by atoms with Crippen LogP contribution in [0.3, 0.4) is 0 Å². The molecule has 334 valence electrons. The lowest BCUT2D eigenvalue weighted by Crippen LogP contribution is -2.63. The van der Waals surface area contributed by atoms with Crippen molar-refractivity contribution in [3.63, 3.8) is 0 Å². The van der Waals surface area contributed by atoms with Gasteiger partial charge in [0.2, 0.25) is 0 Å². The molecule has 0 radical (unpaired) electrons. The number of rotatable bonds is 22. The predicted molar refractivity (Wildman–Crippen MR) is 241 cm³/mol. The lowest BCUT2D eigenvalue weighted by molar-refractivity contribution is -0.352. The van der Waals surface area contributed by atoms with E-state index in [1.165, 1.54) is 0 Å². The molecule has 0 unspecified atom stereocenters. The van der Waals surface area contributed by atoms with Gasteiger partial charge in [-0.15, -0.1) is 0 Å². The van der Waals surface area contributed by atoms with Gasteiger partial charge >= 0.3 is 0 Å². The number of hydrogen-bond acceptors (Lipinski definition) is 10. The molecule has 2 aliphatic rings. The van der Waals surface area contributed by atoms with Crippen LogP contribution in [0, 0.1) is 0 Å². The van der Waals surface area contributed by atoms with Gasteiger partial charge < -0.3 is 47.7 Å². The number of ether oxygens (including phenoxy) is 9. The van der Waals surface area contributed by atoms with Crippen LogP contribution in [-0.2, 0) is 82.3 Å². The van der Waals surface area contributed by atoms with Crippen LogP contribution in [0.25, 0.3) is 0 Å². The first-order valence-corrected chi connectivity index (χ1v) is 22.1. The van der Waals surface area contributed by atoms with Crippen molar-refractivity contribution < 1.29 is 47.7 Å². The van der Waals surface area contributed by atoms with E-state index in [4.69, 9.17) is 42.6 Å². The van der Waals surface area contributed by atoms with Gasteiger partial charge in [-0.3, -0.25) is 0 Å². The number of aliphatic hydroxyl groups is 1. The standard InChI is InChI=1S/C54H58O10/c55-54-53(61-37-45-29-17-6-18-30-45)52(60-36-44-27-15-5-16-28-44)51(48(63-54)39-57-33-41-21-9-2-10-22-41)64-49-31-46(58-34-42-23-11-3-12-24-42)50(59-35-43-25-13-4-14-26-43)47(62-49)38-56-32-40-19-7-1-8-20-40/h1-30,46-55H,31-39H2/t46-,47-,48-,49-,50+,51-,52+,53-,54+/m1/s1. The number of aliphatic hydroxyl groups excluding tert-OH is 1. The van der Waals surface area contributed by atoms with Crippen LogP contribution in [0.5, 0.6) is 0 Å². The first-order chi connectivity index (χ1) is 31.6. The average Bonchev–Trinajstić information content (AvgIpc) is 3.35.